The van der Waals surface area contributed by atoms with Gasteiger partial charge < -0.3 is 10.2 Å². The number of hydrogen-bond donors (Lipinski definition) is 1. The van der Waals surface area contributed by atoms with Crippen molar-refractivity contribution in [2.45, 2.75) is 39.5 Å². The molecule has 0 aromatic rings. The van der Waals surface area contributed by atoms with Crippen molar-refractivity contribution in [3.05, 3.63) is 0 Å². The molecule has 0 spiro atoms. The van der Waals surface area contributed by atoms with Crippen molar-refractivity contribution in [3.63, 3.8) is 0 Å². The van der Waals surface area contributed by atoms with E-state index in [1.807, 2.05) is 14.0 Å². The molecule has 2 atom stereocenters. The number of urea groups is 1. The predicted molar refractivity (Wildman–Crippen MR) is 62.8 cm³/mol. The molecule has 0 aromatic heterocycles. The van der Waals surface area contributed by atoms with Crippen molar-refractivity contribution in [2.24, 2.45) is 11.8 Å². The van der Waals surface area contributed by atoms with Crippen LogP contribution in [0.5, 0.6) is 0 Å². The Kier molecular flexibility index (Phi) is 4.92. The number of amides is 2. The summed E-state index contributed by atoms with van der Waals surface area (Å²) in [6.45, 7) is 5.92. The molecule has 1 saturated carbocycles. The molecule has 3 nitrogen and oxygen atoms in total. The zero-order valence-corrected chi connectivity index (χ0v) is 10.3. The number of nitrogens with zero attached hydrogens (tertiary/aromatic N) is 1. The molecule has 1 fully saturated rings. The normalized spacial score (nSPS) is 26.1. The third-order valence-electron chi connectivity index (χ3n) is 3.63. The van der Waals surface area contributed by atoms with E-state index in [-0.39, 0.29) is 6.03 Å². The van der Waals surface area contributed by atoms with Crippen LogP contribution in [0.15, 0.2) is 0 Å². The van der Waals surface area contributed by atoms with E-state index < -0.39 is 0 Å². The highest BCUT2D eigenvalue weighted by Gasteiger charge is 2.21. The minimum Gasteiger partial charge on any atom is -0.338 e. The summed E-state index contributed by atoms with van der Waals surface area (Å²) in [7, 11) is 1.83. The number of rotatable bonds is 3. The van der Waals surface area contributed by atoms with E-state index in [0.29, 0.717) is 5.92 Å². The first-order valence-corrected chi connectivity index (χ1v) is 6.14. The molecule has 15 heavy (non-hydrogen) atoms. The lowest BCUT2D eigenvalue weighted by atomic mass is 9.80. The predicted octanol–water partition coefficient (Wildman–Crippen LogP) is 2.47. The summed E-state index contributed by atoms with van der Waals surface area (Å²) in [6, 6.07) is 0.0651. The first-order valence-electron chi connectivity index (χ1n) is 6.14. The van der Waals surface area contributed by atoms with Crippen molar-refractivity contribution >= 4 is 6.03 Å². The second-order valence-corrected chi connectivity index (χ2v) is 4.72. The Morgan fingerprint density at radius 1 is 1.40 bits per heavy atom. The lowest BCUT2D eigenvalue weighted by Gasteiger charge is -2.29. The molecule has 1 aliphatic carbocycles. The smallest absolute Gasteiger partial charge is 0.317 e. The average molecular weight is 212 g/mol. The summed E-state index contributed by atoms with van der Waals surface area (Å²) in [5, 5.41) is 3.02. The zero-order chi connectivity index (χ0) is 11.3. The van der Waals surface area contributed by atoms with Crippen LogP contribution in [0, 0.1) is 11.8 Å². The molecule has 88 valence electrons. The van der Waals surface area contributed by atoms with Crippen LogP contribution in [0.3, 0.4) is 0 Å². The molecule has 1 rings (SSSR count). The summed E-state index contributed by atoms with van der Waals surface area (Å²) in [5.41, 5.74) is 0. The molecular weight excluding hydrogens is 188 g/mol. The van der Waals surface area contributed by atoms with Crippen molar-refractivity contribution in [2.75, 3.05) is 20.1 Å². The quantitative estimate of drug-likeness (QED) is 0.766. The molecule has 0 aromatic carbocycles. The maximum Gasteiger partial charge on any atom is 0.317 e. The lowest BCUT2D eigenvalue weighted by molar-refractivity contribution is 0.199. The maximum absolute atomic E-state index is 11.5. The lowest BCUT2D eigenvalue weighted by Crippen LogP contribution is -2.40. The molecular formula is C12H24N2O. The first-order chi connectivity index (χ1) is 7.15. The molecule has 0 bridgehead atoms. The SMILES string of the molecule is CCN(C)C(=O)NCC1CCCCC1C. The topological polar surface area (TPSA) is 32.3 Å². The van der Waals surface area contributed by atoms with Gasteiger partial charge in [-0.2, -0.15) is 0 Å². The van der Waals surface area contributed by atoms with Gasteiger partial charge in [-0.15, -0.1) is 0 Å². The van der Waals surface area contributed by atoms with Gasteiger partial charge in [-0.05, 0) is 25.2 Å². The van der Waals surface area contributed by atoms with Crippen molar-refractivity contribution in [1.82, 2.24) is 10.2 Å². The fraction of sp³-hybridized carbons (Fsp3) is 0.917. The number of nitrogens with one attached hydrogen (secondary N) is 1. The molecule has 2 amide bonds. The van der Waals surface area contributed by atoms with Crippen LogP contribution in [0.4, 0.5) is 4.79 Å². The van der Waals surface area contributed by atoms with Crippen LogP contribution < -0.4 is 5.32 Å². The molecule has 0 saturated heterocycles. The van der Waals surface area contributed by atoms with Crippen molar-refractivity contribution in [3.8, 4) is 0 Å². The van der Waals surface area contributed by atoms with Gasteiger partial charge in [-0.1, -0.05) is 26.2 Å². The van der Waals surface area contributed by atoms with Crippen molar-refractivity contribution in [1.29, 1.82) is 0 Å². The van der Waals surface area contributed by atoms with Crippen LogP contribution >= 0.6 is 0 Å². The summed E-state index contributed by atoms with van der Waals surface area (Å²) in [5.74, 6) is 1.46. The Morgan fingerprint density at radius 3 is 2.67 bits per heavy atom. The Hall–Kier alpha value is -0.730. The third kappa shape index (κ3) is 3.73. The summed E-state index contributed by atoms with van der Waals surface area (Å²) in [4.78, 5) is 13.3. The van der Waals surface area contributed by atoms with Crippen LogP contribution in [-0.2, 0) is 0 Å². The van der Waals surface area contributed by atoms with E-state index in [4.69, 9.17) is 0 Å². The van der Waals surface area contributed by atoms with E-state index in [9.17, 15) is 4.79 Å². The monoisotopic (exact) mass is 212 g/mol. The van der Waals surface area contributed by atoms with Gasteiger partial charge >= 0.3 is 6.03 Å². The molecule has 0 aliphatic heterocycles. The largest absolute Gasteiger partial charge is 0.338 e. The van der Waals surface area contributed by atoms with Crippen molar-refractivity contribution < 1.29 is 4.79 Å². The first kappa shape index (κ1) is 12.3. The molecule has 2 unspecified atom stereocenters. The highest BCUT2D eigenvalue weighted by atomic mass is 16.2. The second-order valence-electron chi connectivity index (χ2n) is 4.72. The standard InChI is InChI=1S/C12H24N2O/c1-4-14(3)12(15)13-9-11-8-6-5-7-10(11)2/h10-11H,4-9H2,1-3H3,(H,13,15). The Bertz CT molecular complexity index is 206. The van der Waals surface area contributed by atoms with Gasteiger partial charge in [-0.3, -0.25) is 0 Å². The minimum atomic E-state index is 0.0651. The fourth-order valence-electron chi connectivity index (χ4n) is 2.19. The molecule has 0 heterocycles. The van der Waals surface area contributed by atoms with Crippen LogP contribution in [0.2, 0.25) is 0 Å². The third-order valence-corrected chi connectivity index (χ3v) is 3.63. The number of carbonyl (C=O) groups excluding carboxylic acids is 1. The Morgan fingerprint density at radius 2 is 2.07 bits per heavy atom. The maximum atomic E-state index is 11.5. The Balaban J connectivity index is 2.26. The minimum absolute atomic E-state index is 0.0651. The van der Waals surface area contributed by atoms with Crippen LogP contribution in [0.1, 0.15) is 39.5 Å². The second kappa shape index (κ2) is 5.99. The van der Waals surface area contributed by atoms with E-state index >= 15 is 0 Å². The summed E-state index contributed by atoms with van der Waals surface area (Å²) in [6.07, 6.45) is 5.29. The highest BCUT2D eigenvalue weighted by Crippen LogP contribution is 2.28. The number of hydrogen-bond acceptors (Lipinski definition) is 1. The zero-order valence-electron chi connectivity index (χ0n) is 10.3. The van der Waals surface area contributed by atoms with Gasteiger partial charge in [0, 0.05) is 20.1 Å². The summed E-state index contributed by atoms with van der Waals surface area (Å²) < 4.78 is 0. The van der Waals surface area contributed by atoms with Gasteiger partial charge in [0.05, 0.1) is 0 Å². The van der Waals surface area contributed by atoms with E-state index in [1.165, 1.54) is 25.7 Å². The Labute approximate surface area is 93.2 Å². The van der Waals surface area contributed by atoms with Gasteiger partial charge in [0.2, 0.25) is 0 Å². The molecule has 0 radical (unpaired) electrons. The molecule has 1 N–H and O–H groups in total. The van der Waals surface area contributed by atoms with Gasteiger partial charge in [0.15, 0.2) is 0 Å². The van der Waals surface area contributed by atoms with E-state index in [0.717, 1.165) is 19.0 Å². The van der Waals surface area contributed by atoms with Gasteiger partial charge in [-0.25, -0.2) is 4.79 Å². The molecule has 1 aliphatic rings. The highest BCUT2D eigenvalue weighted by molar-refractivity contribution is 5.73. The number of carbonyl (C=O) groups is 1. The van der Waals surface area contributed by atoms with Crippen LogP contribution in [-0.4, -0.2) is 31.1 Å². The molecule has 3 heteroatoms. The van der Waals surface area contributed by atoms with Gasteiger partial charge in [0.1, 0.15) is 0 Å². The average Bonchev–Trinajstić information content (AvgIpc) is 2.26. The van der Waals surface area contributed by atoms with E-state index in [1.54, 1.807) is 4.90 Å². The summed E-state index contributed by atoms with van der Waals surface area (Å²) >= 11 is 0. The fourth-order valence-corrected chi connectivity index (χ4v) is 2.19. The van der Waals surface area contributed by atoms with E-state index in [2.05, 4.69) is 12.2 Å². The van der Waals surface area contributed by atoms with Gasteiger partial charge in [0.25, 0.3) is 0 Å². The van der Waals surface area contributed by atoms with Crippen LogP contribution in [0.25, 0.3) is 0 Å².